The van der Waals surface area contributed by atoms with Crippen LogP contribution in [0.25, 0.3) is 0 Å². The van der Waals surface area contributed by atoms with Gasteiger partial charge in [-0.15, -0.1) is 10.2 Å². The molecule has 2 aromatic rings. The van der Waals surface area contributed by atoms with Crippen molar-refractivity contribution in [2.24, 2.45) is 0 Å². The maximum Gasteiger partial charge on any atom is 0.274 e. The summed E-state index contributed by atoms with van der Waals surface area (Å²) in [6.07, 6.45) is 1.95. The molecule has 5 nitrogen and oxygen atoms in total. The summed E-state index contributed by atoms with van der Waals surface area (Å²) in [6.45, 7) is 2.45. The average molecular weight is 329 g/mol. The van der Waals surface area contributed by atoms with Gasteiger partial charge in [0, 0.05) is 25.3 Å². The van der Waals surface area contributed by atoms with Gasteiger partial charge in [-0.3, -0.25) is 4.79 Å². The molecule has 1 atom stereocenters. The van der Waals surface area contributed by atoms with Gasteiger partial charge in [0.05, 0.1) is 6.04 Å². The van der Waals surface area contributed by atoms with Crippen molar-refractivity contribution in [1.29, 1.82) is 0 Å². The molecule has 4 rings (SSSR count). The van der Waals surface area contributed by atoms with E-state index in [1.807, 2.05) is 4.90 Å². The Labute approximate surface area is 139 Å². The first-order valence-electron chi connectivity index (χ1n) is 7.85. The van der Waals surface area contributed by atoms with Gasteiger partial charge in [0.15, 0.2) is 10.8 Å². The fourth-order valence-electron chi connectivity index (χ4n) is 3.54. The molecule has 0 radical (unpaired) electrons. The van der Waals surface area contributed by atoms with E-state index in [0.717, 1.165) is 32.5 Å². The van der Waals surface area contributed by atoms with E-state index in [1.165, 1.54) is 11.3 Å². The Bertz CT molecular complexity index is 734. The van der Waals surface area contributed by atoms with Crippen molar-refractivity contribution in [2.75, 3.05) is 24.5 Å². The molecule has 0 aliphatic carbocycles. The Balaban J connectivity index is 1.55. The van der Waals surface area contributed by atoms with Crippen molar-refractivity contribution < 1.29 is 4.79 Å². The highest BCUT2D eigenvalue weighted by Gasteiger charge is 2.34. The number of halogens is 1. The molecule has 0 unspecified atom stereocenters. The Hall–Kier alpha value is -2.14. The summed E-state index contributed by atoms with van der Waals surface area (Å²) in [5.74, 6) is -0.0630. The predicted molar refractivity (Wildman–Crippen MR) is 88.8 cm³/mol. The van der Waals surface area contributed by atoms with Crippen molar-refractivity contribution in [3.63, 3.8) is 0 Å². The quantitative estimate of drug-likeness (QED) is 0.806. The Morgan fingerprint density at radius 2 is 2.00 bits per heavy atom. The lowest BCUT2D eigenvalue weighted by Gasteiger charge is -2.27. The zero-order valence-electron chi connectivity index (χ0n) is 12.7. The van der Waals surface area contributed by atoms with Gasteiger partial charge in [-0.25, -0.2) is 0 Å². The molecule has 2 aliphatic heterocycles. The van der Waals surface area contributed by atoms with Gasteiger partial charge in [0.1, 0.15) is 0 Å². The van der Waals surface area contributed by atoms with Gasteiger partial charge in [-0.2, -0.15) is 0 Å². The van der Waals surface area contributed by atoms with E-state index in [0.29, 0.717) is 16.9 Å². The molecule has 1 aromatic heterocycles. The van der Waals surface area contributed by atoms with Gasteiger partial charge < -0.3 is 9.80 Å². The summed E-state index contributed by atoms with van der Waals surface area (Å²) in [6, 6.07) is 12.1. The van der Waals surface area contributed by atoms with Crippen LogP contribution in [0, 0.1) is 0 Å². The summed E-state index contributed by atoms with van der Waals surface area (Å²) < 4.78 is 0. The molecule has 23 heavy (non-hydrogen) atoms. The molecule has 2 aliphatic rings. The van der Waals surface area contributed by atoms with Crippen molar-refractivity contribution >= 4 is 23.2 Å². The summed E-state index contributed by atoms with van der Waals surface area (Å²) in [7, 11) is 0. The molecule has 3 heterocycles. The summed E-state index contributed by atoms with van der Waals surface area (Å²) in [5.41, 5.74) is 3.05. The average Bonchev–Trinajstić information content (AvgIpc) is 2.78. The molecule has 0 N–H and O–H groups in total. The van der Waals surface area contributed by atoms with E-state index >= 15 is 0 Å². The highest BCUT2D eigenvalue weighted by Crippen LogP contribution is 2.33. The summed E-state index contributed by atoms with van der Waals surface area (Å²) in [4.78, 5) is 17.0. The summed E-state index contributed by atoms with van der Waals surface area (Å²) in [5, 5.41) is 8.00. The smallest absolute Gasteiger partial charge is 0.274 e. The SMILES string of the molecule is O=C(c1ccc(Cl)nn1)N1CCCN2c3ccccc3C[C@H]2C1. The number of hydrogen-bond donors (Lipinski definition) is 0. The third-order valence-electron chi connectivity index (χ3n) is 4.59. The minimum absolute atomic E-state index is 0.0630. The largest absolute Gasteiger partial charge is 0.366 e. The number of para-hydroxylation sites is 1. The van der Waals surface area contributed by atoms with Crippen LogP contribution in [0.4, 0.5) is 5.69 Å². The van der Waals surface area contributed by atoms with Crippen LogP contribution in [-0.2, 0) is 6.42 Å². The minimum atomic E-state index is -0.0630. The van der Waals surface area contributed by atoms with Crippen LogP contribution in [0.1, 0.15) is 22.5 Å². The fraction of sp³-hybridized carbons (Fsp3) is 0.353. The van der Waals surface area contributed by atoms with Crippen molar-refractivity contribution in [3.8, 4) is 0 Å². The number of carbonyl (C=O) groups excluding carboxylic acids is 1. The fourth-order valence-corrected chi connectivity index (χ4v) is 3.65. The Kier molecular flexibility index (Phi) is 3.65. The van der Waals surface area contributed by atoms with Crippen molar-refractivity contribution in [2.45, 2.75) is 18.9 Å². The van der Waals surface area contributed by atoms with Gasteiger partial charge in [-0.1, -0.05) is 29.8 Å². The number of carbonyl (C=O) groups is 1. The second-order valence-electron chi connectivity index (χ2n) is 6.03. The van der Waals surface area contributed by atoms with E-state index in [-0.39, 0.29) is 5.91 Å². The molecule has 1 aromatic carbocycles. The van der Waals surface area contributed by atoms with Gasteiger partial charge in [0.2, 0.25) is 0 Å². The topological polar surface area (TPSA) is 49.3 Å². The second-order valence-corrected chi connectivity index (χ2v) is 6.41. The molecule has 1 saturated heterocycles. The van der Waals surface area contributed by atoms with E-state index < -0.39 is 0 Å². The first-order valence-corrected chi connectivity index (χ1v) is 8.23. The van der Waals surface area contributed by atoms with Gasteiger partial charge in [-0.05, 0) is 36.6 Å². The van der Waals surface area contributed by atoms with Crippen LogP contribution < -0.4 is 4.90 Å². The van der Waals surface area contributed by atoms with Crippen LogP contribution in [0.15, 0.2) is 36.4 Å². The first kappa shape index (κ1) is 14.5. The molecule has 0 saturated carbocycles. The van der Waals surface area contributed by atoms with Crippen molar-refractivity contribution in [3.05, 3.63) is 52.8 Å². The zero-order valence-corrected chi connectivity index (χ0v) is 13.4. The third kappa shape index (κ3) is 2.65. The van der Waals surface area contributed by atoms with E-state index in [2.05, 4.69) is 39.4 Å². The number of fused-ring (bicyclic) bond motifs is 3. The number of nitrogens with zero attached hydrogens (tertiary/aromatic N) is 4. The van der Waals surface area contributed by atoms with Crippen LogP contribution >= 0.6 is 11.6 Å². The molecule has 1 fully saturated rings. The molecule has 6 heteroatoms. The van der Waals surface area contributed by atoms with Gasteiger partial charge in [0.25, 0.3) is 5.91 Å². The number of hydrogen-bond acceptors (Lipinski definition) is 4. The number of amides is 1. The van der Waals surface area contributed by atoms with Gasteiger partial charge >= 0.3 is 0 Å². The Morgan fingerprint density at radius 3 is 2.83 bits per heavy atom. The van der Waals surface area contributed by atoms with Crippen LogP contribution in [-0.4, -0.2) is 46.7 Å². The normalized spacial score (nSPS) is 20.0. The lowest BCUT2D eigenvalue weighted by molar-refractivity contribution is 0.0748. The highest BCUT2D eigenvalue weighted by molar-refractivity contribution is 6.29. The highest BCUT2D eigenvalue weighted by atomic mass is 35.5. The third-order valence-corrected chi connectivity index (χ3v) is 4.80. The lowest BCUT2D eigenvalue weighted by atomic mass is 10.1. The first-order chi connectivity index (χ1) is 11.2. The summed E-state index contributed by atoms with van der Waals surface area (Å²) >= 11 is 5.75. The standard InChI is InChI=1S/C17H17ClN4O/c18-16-7-6-14(19-20-16)17(23)21-8-3-9-22-13(11-21)10-12-4-1-2-5-15(12)22/h1-2,4-7,13H,3,8-11H2/t13-/m0/s1. The predicted octanol–water partition coefficient (Wildman–Crippen LogP) is 2.41. The molecule has 0 spiro atoms. The number of anilines is 1. The maximum absolute atomic E-state index is 12.7. The number of benzene rings is 1. The van der Waals surface area contributed by atoms with E-state index in [9.17, 15) is 4.79 Å². The molecule has 1 amide bonds. The zero-order chi connectivity index (χ0) is 15.8. The lowest BCUT2D eigenvalue weighted by Crippen LogP contribution is -2.41. The minimum Gasteiger partial charge on any atom is -0.366 e. The van der Waals surface area contributed by atoms with Crippen LogP contribution in [0.5, 0.6) is 0 Å². The van der Waals surface area contributed by atoms with E-state index in [4.69, 9.17) is 11.6 Å². The van der Waals surface area contributed by atoms with Crippen molar-refractivity contribution in [1.82, 2.24) is 15.1 Å². The molecule has 0 bridgehead atoms. The number of aromatic nitrogens is 2. The maximum atomic E-state index is 12.7. The van der Waals surface area contributed by atoms with Crippen LogP contribution in [0.2, 0.25) is 5.15 Å². The molecular formula is C17H17ClN4O. The molecule has 118 valence electrons. The van der Waals surface area contributed by atoms with E-state index in [1.54, 1.807) is 12.1 Å². The van der Waals surface area contributed by atoms with Crippen LogP contribution in [0.3, 0.4) is 0 Å². The second kappa shape index (κ2) is 5.81. The molecular weight excluding hydrogens is 312 g/mol. The number of rotatable bonds is 1. The monoisotopic (exact) mass is 328 g/mol. The Morgan fingerprint density at radius 1 is 1.13 bits per heavy atom.